The molecule has 1 unspecified atom stereocenters. The topological polar surface area (TPSA) is 63.2 Å². The number of aryl methyl sites for hydroxylation is 2. The van der Waals surface area contributed by atoms with Gasteiger partial charge in [0.1, 0.15) is 10.6 Å². The van der Waals surface area contributed by atoms with E-state index in [1.165, 1.54) is 11.3 Å². The van der Waals surface area contributed by atoms with Crippen LogP contribution in [0.2, 0.25) is 0 Å². The van der Waals surface area contributed by atoms with Crippen molar-refractivity contribution in [1.82, 2.24) is 14.9 Å². The summed E-state index contributed by atoms with van der Waals surface area (Å²) in [6, 6.07) is 5.34. The van der Waals surface area contributed by atoms with Crippen LogP contribution in [0.4, 0.5) is 0 Å². The zero-order valence-electron chi connectivity index (χ0n) is 13.3. The molecule has 0 aliphatic carbocycles. The fourth-order valence-electron chi connectivity index (χ4n) is 2.97. The Labute approximate surface area is 139 Å². The van der Waals surface area contributed by atoms with E-state index in [4.69, 9.17) is 0 Å². The molecule has 1 fully saturated rings. The molecule has 0 N–H and O–H groups in total. The molecule has 0 saturated carbocycles. The van der Waals surface area contributed by atoms with Gasteiger partial charge < -0.3 is 4.90 Å². The number of amides is 1. The number of likely N-dealkylation sites (tertiary alicyclic amines) is 1. The Kier molecular flexibility index (Phi) is 4.52. The second kappa shape index (κ2) is 6.58. The zero-order valence-corrected chi connectivity index (χ0v) is 14.1. The summed E-state index contributed by atoms with van der Waals surface area (Å²) >= 11 is 1.42. The Morgan fingerprint density at radius 3 is 2.78 bits per heavy atom. The number of carbonyl (C=O) groups is 2. The highest BCUT2D eigenvalue weighted by Gasteiger charge is 2.31. The molecule has 0 radical (unpaired) electrons. The van der Waals surface area contributed by atoms with E-state index in [1.807, 2.05) is 19.9 Å². The van der Waals surface area contributed by atoms with Gasteiger partial charge >= 0.3 is 0 Å². The van der Waals surface area contributed by atoms with Gasteiger partial charge in [-0.15, -0.1) is 11.3 Å². The Balaban J connectivity index is 1.74. The number of pyridine rings is 1. The summed E-state index contributed by atoms with van der Waals surface area (Å²) in [7, 11) is 0. The number of hydrogen-bond acceptors (Lipinski definition) is 5. The lowest BCUT2D eigenvalue weighted by atomic mass is 9.92. The van der Waals surface area contributed by atoms with Crippen molar-refractivity contribution >= 4 is 23.0 Å². The first-order valence-electron chi connectivity index (χ1n) is 7.75. The highest BCUT2D eigenvalue weighted by atomic mass is 32.1. The summed E-state index contributed by atoms with van der Waals surface area (Å²) in [6.07, 6.45) is 3.27. The molecule has 23 heavy (non-hydrogen) atoms. The number of thiazole rings is 1. The SMILES string of the molecule is Cc1nc(C)c(C(=O)N2CCCC(C(=O)c3ccccn3)C2)s1. The molecular formula is C17H19N3O2S. The van der Waals surface area contributed by atoms with Gasteiger partial charge in [0.25, 0.3) is 5.91 Å². The van der Waals surface area contributed by atoms with Crippen molar-refractivity contribution in [2.75, 3.05) is 13.1 Å². The molecule has 2 aromatic heterocycles. The first-order valence-corrected chi connectivity index (χ1v) is 8.56. The van der Waals surface area contributed by atoms with Crippen molar-refractivity contribution in [1.29, 1.82) is 0 Å². The van der Waals surface area contributed by atoms with Crippen LogP contribution in [0.15, 0.2) is 24.4 Å². The highest BCUT2D eigenvalue weighted by Crippen LogP contribution is 2.25. The quantitative estimate of drug-likeness (QED) is 0.812. The standard InChI is InChI=1S/C17H19N3O2S/c1-11-16(23-12(2)19-11)17(22)20-9-5-6-13(10-20)15(21)14-7-3-4-8-18-14/h3-4,7-8,13H,5-6,9-10H2,1-2H3. The molecule has 3 heterocycles. The van der Waals surface area contributed by atoms with Crippen LogP contribution >= 0.6 is 11.3 Å². The minimum absolute atomic E-state index is 0.00776. The molecule has 2 aromatic rings. The van der Waals surface area contributed by atoms with Gasteiger partial charge in [-0.1, -0.05) is 6.07 Å². The van der Waals surface area contributed by atoms with E-state index in [-0.39, 0.29) is 17.6 Å². The molecule has 0 spiro atoms. The van der Waals surface area contributed by atoms with Gasteiger partial charge in [0, 0.05) is 25.2 Å². The van der Waals surface area contributed by atoms with E-state index >= 15 is 0 Å². The summed E-state index contributed by atoms with van der Waals surface area (Å²) in [5.41, 5.74) is 1.26. The molecule has 1 aliphatic rings. The van der Waals surface area contributed by atoms with Crippen LogP contribution in [0.3, 0.4) is 0 Å². The zero-order chi connectivity index (χ0) is 16.4. The van der Waals surface area contributed by atoms with Crippen LogP contribution in [0.5, 0.6) is 0 Å². The van der Waals surface area contributed by atoms with Crippen LogP contribution in [-0.2, 0) is 0 Å². The number of hydrogen-bond donors (Lipinski definition) is 0. The maximum atomic E-state index is 12.7. The van der Waals surface area contributed by atoms with E-state index in [2.05, 4.69) is 9.97 Å². The van der Waals surface area contributed by atoms with Crippen LogP contribution < -0.4 is 0 Å². The fourth-order valence-corrected chi connectivity index (χ4v) is 3.85. The minimum Gasteiger partial charge on any atom is -0.337 e. The molecular weight excluding hydrogens is 310 g/mol. The monoisotopic (exact) mass is 329 g/mol. The van der Waals surface area contributed by atoms with Crippen molar-refractivity contribution in [2.24, 2.45) is 5.92 Å². The molecule has 1 atom stereocenters. The van der Waals surface area contributed by atoms with Gasteiger partial charge in [-0.25, -0.2) is 4.98 Å². The maximum Gasteiger partial charge on any atom is 0.265 e. The van der Waals surface area contributed by atoms with Crippen molar-refractivity contribution in [3.63, 3.8) is 0 Å². The lowest BCUT2D eigenvalue weighted by Gasteiger charge is -2.31. The third kappa shape index (κ3) is 3.32. The smallest absolute Gasteiger partial charge is 0.265 e. The summed E-state index contributed by atoms with van der Waals surface area (Å²) in [5, 5.41) is 0.893. The molecule has 120 valence electrons. The lowest BCUT2D eigenvalue weighted by Crippen LogP contribution is -2.42. The van der Waals surface area contributed by atoms with Crippen molar-refractivity contribution < 1.29 is 9.59 Å². The van der Waals surface area contributed by atoms with Gasteiger partial charge in [0.05, 0.1) is 10.7 Å². The number of Topliss-reactive ketones (excluding diaryl/α,β-unsaturated/α-hetero) is 1. The molecule has 1 aliphatic heterocycles. The molecule has 6 heteroatoms. The summed E-state index contributed by atoms with van der Waals surface area (Å²) in [5.74, 6) is -0.149. The van der Waals surface area contributed by atoms with E-state index in [0.29, 0.717) is 23.7 Å². The summed E-state index contributed by atoms with van der Waals surface area (Å²) < 4.78 is 0. The summed E-state index contributed by atoms with van der Waals surface area (Å²) in [6.45, 7) is 4.92. The lowest BCUT2D eigenvalue weighted by molar-refractivity contribution is 0.0638. The van der Waals surface area contributed by atoms with E-state index < -0.39 is 0 Å². The summed E-state index contributed by atoms with van der Waals surface area (Å²) in [4.78, 5) is 36.2. The molecule has 3 rings (SSSR count). The number of piperidine rings is 1. The molecule has 1 saturated heterocycles. The second-order valence-corrected chi connectivity index (χ2v) is 7.02. The number of aromatic nitrogens is 2. The third-order valence-electron chi connectivity index (χ3n) is 4.09. The van der Waals surface area contributed by atoms with Gasteiger partial charge in [-0.3, -0.25) is 14.6 Å². The van der Waals surface area contributed by atoms with E-state index in [1.54, 1.807) is 23.2 Å². The first-order chi connectivity index (χ1) is 11.1. The molecule has 0 aromatic carbocycles. The van der Waals surface area contributed by atoms with Crippen molar-refractivity contribution in [3.05, 3.63) is 45.7 Å². The normalized spacial score (nSPS) is 18.0. The second-order valence-electron chi connectivity index (χ2n) is 5.82. The average Bonchev–Trinajstić information content (AvgIpc) is 2.93. The van der Waals surface area contributed by atoms with Gasteiger partial charge in [0.15, 0.2) is 5.78 Å². The van der Waals surface area contributed by atoms with Crippen LogP contribution in [0, 0.1) is 19.8 Å². The predicted molar refractivity (Wildman–Crippen MR) is 88.8 cm³/mol. The van der Waals surface area contributed by atoms with Crippen LogP contribution in [0.25, 0.3) is 0 Å². The fraction of sp³-hybridized carbons (Fsp3) is 0.412. The largest absolute Gasteiger partial charge is 0.337 e. The van der Waals surface area contributed by atoms with Gasteiger partial charge in [0.2, 0.25) is 0 Å². The number of ketones is 1. The molecule has 5 nitrogen and oxygen atoms in total. The number of carbonyl (C=O) groups excluding carboxylic acids is 2. The number of rotatable bonds is 3. The number of nitrogens with zero attached hydrogens (tertiary/aromatic N) is 3. The van der Waals surface area contributed by atoms with E-state index in [9.17, 15) is 9.59 Å². The Morgan fingerprint density at radius 2 is 2.13 bits per heavy atom. The first kappa shape index (κ1) is 15.8. The van der Waals surface area contributed by atoms with Crippen LogP contribution in [-0.4, -0.2) is 39.6 Å². The van der Waals surface area contributed by atoms with Gasteiger partial charge in [-0.2, -0.15) is 0 Å². The predicted octanol–water partition coefficient (Wildman–Crippen LogP) is 2.89. The minimum atomic E-state index is -0.170. The maximum absolute atomic E-state index is 12.7. The van der Waals surface area contributed by atoms with Crippen molar-refractivity contribution in [3.8, 4) is 0 Å². The van der Waals surface area contributed by atoms with Crippen molar-refractivity contribution in [2.45, 2.75) is 26.7 Å². The molecule has 1 amide bonds. The van der Waals surface area contributed by atoms with E-state index in [0.717, 1.165) is 23.5 Å². The Morgan fingerprint density at radius 1 is 1.30 bits per heavy atom. The Hall–Kier alpha value is -2.08. The third-order valence-corrected chi connectivity index (χ3v) is 5.16. The van der Waals surface area contributed by atoms with Crippen LogP contribution in [0.1, 0.15) is 43.7 Å². The Bertz CT molecular complexity index is 727. The van der Waals surface area contributed by atoms with Gasteiger partial charge in [-0.05, 0) is 38.8 Å². The highest BCUT2D eigenvalue weighted by molar-refractivity contribution is 7.13. The molecule has 0 bridgehead atoms. The average molecular weight is 329 g/mol.